The molecule has 6 nitrogen and oxygen atoms in total. The SMILES string of the molecule is COCCCN(CCOC)Cc1cccc(C(=O)NN)c1. The summed E-state index contributed by atoms with van der Waals surface area (Å²) in [6.07, 6.45) is 0.961. The molecule has 6 heteroatoms. The van der Waals surface area contributed by atoms with Crippen molar-refractivity contribution in [1.29, 1.82) is 0 Å². The third-order valence-electron chi connectivity index (χ3n) is 3.16. The van der Waals surface area contributed by atoms with Crippen molar-refractivity contribution in [1.82, 2.24) is 10.3 Å². The molecule has 0 atom stereocenters. The Morgan fingerprint density at radius 3 is 2.67 bits per heavy atom. The minimum Gasteiger partial charge on any atom is -0.385 e. The molecule has 1 amide bonds. The third kappa shape index (κ3) is 6.68. The minimum atomic E-state index is -0.278. The van der Waals surface area contributed by atoms with Crippen molar-refractivity contribution in [3.8, 4) is 0 Å². The zero-order valence-corrected chi connectivity index (χ0v) is 12.8. The van der Waals surface area contributed by atoms with Gasteiger partial charge in [-0.15, -0.1) is 0 Å². The van der Waals surface area contributed by atoms with E-state index in [4.69, 9.17) is 15.3 Å². The molecule has 0 saturated carbocycles. The van der Waals surface area contributed by atoms with Crippen LogP contribution in [0.4, 0.5) is 0 Å². The van der Waals surface area contributed by atoms with Gasteiger partial charge in [-0.3, -0.25) is 15.1 Å². The molecule has 0 bridgehead atoms. The Labute approximate surface area is 126 Å². The average molecular weight is 295 g/mol. The third-order valence-corrected chi connectivity index (χ3v) is 3.16. The highest BCUT2D eigenvalue weighted by Gasteiger charge is 2.08. The van der Waals surface area contributed by atoms with Crippen LogP contribution in [-0.4, -0.2) is 51.3 Å². The number of methoxy groups -OCH3 is 2. The molecule has 1 aromatic rings. The molecule has 0 aliphatic rings. The molecule has 0 aliphatic carbocycles. The molecule has 118 valence electrons. The van der Waals surface area contributed by atoms with Gasteiger partial charge in [0.1, 0.15) is 0 Å². The number of carbonyl (C=O) groups is 1. The van der Waals surface area contributed by atoms with E-state index in [1.807, 2.05) is 18.2 Å². The molecule has 1 aromatic carbocycles. The van der Waals surface area contributed by atoms with E-state index in [0.29, 0.717) is 12.2 Å². The Morgan fingerprint density at radius 2 is 2.00 bits per heavy atom. The number of nitrogens with two attached hydrogens (primary N) is 1. The zero-order chi connectivity index (χ0) is 15.5. The van der Waals surface area contributed by atoms with Crippen LogP contribution in [0.25, 0.3) is 0 Å². The van der Waals surface area contributed by atoms with Crippen molar-refractivity contribution in [2.24, 2.45) is 5.84 Å². The fourth-order valence-corrected chi connectivity index (χ4v) is 2.08. The molecule has 0 aromatic heterocycles. The summed E-state index contributed by atoms with van der Waals surface area (Å²) in [5.74, 6) is 4.88. The number of nitrogen functional groups attached to an aromatic ring is 1. The van der Waals surface area contributed by atoms with E-state index >= 15 is 0 Å². The van der Waals surface area contributed by atoms with Gasteiger partial charge in [-0.1, -0.05) is 12.1 Å². The molecular formula is C15H25N3O3. The molecule has 0 unspecified atom stereocenters. The highest BCUT2D eigenvalue weighted by molar-refractivity contribution is 5.93. The van der Waals surface area contributed by atoms with Crippen LogP contribution in [0.5, 0.6) is 0 Å². The first kappa shape index (κ1) is 17.6. The van der Waals surface area contributed by atoms with Gasteiger partial charge in [-0.05, 0) is 24.1 Å². The van der Waals surface area contributed by atoms with Crippen LogP contribution < -0.4 is 11.3 Å². The maximum Gasteiger partial charge on any atom is 0.265 e. The van der Waals surface area contributed by atoms with E-state index in [0.717, 1.165) is 38.2 Å². The van der Waals surface area contributed by atoms with E-state index in [2.05, 4.69) is 10.3 Å². The maximum atomic E-state index is 11.5. The fraction of sp³-hybridized carbons (Fsp3) is 0.533. The second-order valence-electron chi connectivity index (χ2n) is 4.79. The normalized spacial score (nSPS) is 10.9. The molecule has 0 aliphatic heterocycles. The summed E-state index contributed by atoms with van der Waals surface area (Å²) in [5, 5.41) is 0. The lowest BCUT2D eigenvalue weighted by Gasteiger charge is -2.22. The van der Waals surface area contributed by atoms with E-state index in [1.54, 1.807) is 20.3 Å². The van der Waals surface area contributed by atoms with E-state index in [1.165, 1.54) is 0 Å². The van der Waals surface area contributed by atoms with Crippen LogP contribution >= 0.6 is 0 Å². The van der Waals surface area contributed by atoms with E-state index in [-0.39, 0.29) is 5.91 Å². The van der Waals surface area contributed by atoms with Crippen molar-refractivity contribution in [3.63, 3.8) is 0 Å². The number of ether oxygens (including phenoxy) is 2. The number of nitrogens with one attached hydrogen (secondary N) is 1. The van der Waals surface area contributed by atoms with Gasteiger partial charge in [0.25, 0.3) is 5.91 Å². The first-order valence-corrected chi connectivity index (χ1v) is 7.01. The largest absolute Gasteiger partial charge is 0.385 e. The van der Waals surface area contributed by atoms with Crippen LogP contribution in [-0.2, 0) is 16.0 Å². The van der Waals surface area contributed by atoms with Gasteiger partial charge >= 0.3 is 0 Å². The van der Waals surface area contributed by atoms with E-state index < -0.39 is 0 Å². The van der Waals surface area contributed by atoms with Crippen LogP contribution in [0, 0.1) is 0 Å². The number of nitrogens with zero attached hydrogens (tertiary/aromatic N) is 1. The first-order valence-electron chi connectivity index (χ1n) is 7.01. The Morgan fingerprint density at radius 1 is 1.24 bits per heavy atom. The molecule has 0 spiro atoms. The standard InChI is InChI=1S/C15H25N3O3/c1-20-9-4-7-18(8-10-21-2)12-13-5-3-6-14(11-13)15(19)17-16/h3,5-6,11H,4,7-10,12,16H2,1-2H3,(H,17,19). The van der Waals surface area contributed by atoms with Gasteiger partial charge in [0.15, 0.2) is 0 Å². The van der Waals surface area contributed by atoms with Gasteiger partial charge in [0, 0.05) is 46.0 Å². The quantitative estimate of drug-likeness (QED) is 0.289. The predicted octanol–water partition coefficient (Wildman–Crippen LogP) is 0.775. The molecule has 0 radical (unpaired) electrons. The monoisotopic (exact) mass is 295 g/mol. The summed E-state index contributed by atoms with van der Waals surface area (Å²) < 4.78 is 10.2. The number of amides is 1. The number of benzene rings is 1. The first-order chi connectivity index (χ1) is 10.2. The van der Waals surface area contributed by atoms with Gasteiger partial charge in [-0.2, -0.15) is 0 Å². The van der Waals surface area contributed by atoms with Crippen LogP contribution in [0.1, 0.15) is 22.3 Å². The zero-order valence-electron chi connectivity index (χ0n) is 12.8. The lowest BCUT2D eigenvalue weighted by atomic mass is 10.1. The second kappa shape index (κ2) is 10.3. The number of carbonyl (C=O) groups excluding carboxylic acids is 1. The number of hydrazine groups is 1. The van der Waals surface area contributed by atoms with Gasteiger partial charge in [0.05, 0.1) is 6.61 Å². The summed E-state index contributed by atoms with van der Waals surface area (Å²) in [5.41, 5.74) is 3.79. The Hall–Kier alpha value is -1.47. The fourth-order valence-electron chi connectivity index (χ4n) is 2.08. The second-order valence-corrected chi connectivity index (χ2v) is 4.79. The highest BCUT2D eigenvalue weighted by Crippen LogP contribution is 2.09. The summed E-state index contributed by atoms with van der Waals surface area (Å²) in [6.45, 7) is 3.94. The summed E-state index contributed by atoms with van der Waals surface area (Å²) in [4.78, 5) is 13.8. The Kier molecular flexibility index (Phi) is 8.61. The Balaban J connectivity index is 2.65. The van der Waals surface area contributed by atoms with Crippen molar-refractivity contribution < 1.29 is 14.3 Å². The maximum absolute atomic E-state index is 11.5. The van der Waals surface area contributed by atoms with Crippen LogP contribution in [0.2, 0.25) is 0 Å². The molecule has 0 heterocycles. The lowest BCUT2D eigenvalue weighted by Crippen LogP contribution is -2.31. The number of hydrogen-bond donors (Lipinski definition) is 2. The molecule has 1 rings (SSSR count). The smallest absolute Gasteiger partial charge is 0.265 e. The summed E-state index contributed by atoms with van der Waals surface area (Å²) >= 11 is 0. The van der Waals surface area contributed by atoms with Crippen molar-refractivity contribution in [2.75, 3.05) is 40.5 Å². The molecule has 21 heavy (non-hydrogen) atoms. The average Bonchev–Trinajstić information content (AvgIpc) is 2.52. The number of hydrogen-bond acceptors (Lipinski definition) is 5. The van der Waals surface area contributed by atoms with Gasteiger partial charge < -0.3 is 9.47 Å². The van der Waals surface area contributed by atoms with Crippen LogP contribution in [0.15, 0.2) is 24.3 Å². The summed E-state index contributed by atoms with van der Waals surface area (Å²) in [7, 11) is 3.40. The van der Waals surface area contributed by atoms with Crippen LogP contribution in [0.3, 0.4) is 0 Å². The molecule has 0 saturated heterocycles. The van der Waals surface area contributed by atoms with Crippen molar-refractivity contribution in [3.05, 3.63) is 35.4 Å². The molecule has 3 N–H and O–H groups in total. The molecule has 0 fully saturated rings. The molecular weight excluding hydrogens is 270 g/mol. The minimum absolute atomic E-state index is 0.278. The summed E-state index contributed by atoms with van der Waals surface area (Å²) in [6, 6.07) is 7.47. The lowest BCUT2D eigenvalue weighted by molar-refractivity contribution is 0.0953. The van der Waals surface area contributed by atoms with Crippen molar-refractivity contribution in [2.45, 2.75) is 13.0 Å². The van der Waals surface area contributed by atoms with Crippen molar-refractivity contribution >= 4 is 5.91 Å². The number of rotatable bonds is 10. The van der Waals surface area contributed by atoms with Gasteiger partial charge in [0.2, 0.25) is 0 Å². The highest BCUT2D eigenvalue weighted by atomic mass is 16.5. The van der Waals surface area contributed by atoms with Gasteiger partial charge in [-0.25, -0.2) is 5.84 Å². The Bertz CT molecular complexity index is 426. The topological polar surface area (TPSA) is 76.8 Å². The predicted molar refractivity (Wildman–Crippen MR) is 81.7 cm³/mol. The van der Waals surface area contributed by atoms with E-state index in [9.17, 15) is 4.79 Å².